The number of ether oxygens (including phenoxy) is 1. The summed E-state index contributed by atoms with van der Waals surface area (Å²) in [6, 6.07) is 8.25. The van der Waals surface area contributed by atoms with Crippen LogP contribution < -0.4 is 5.73 Å². The average molecular weight is 277 g/mol. The van der Waals surface area contributed by atoms with Crippen molar-refractivity contribution in [2.24, 2.45) is 5.73 Å². The fraction of sp³-hybridized carbons (Fsp3) is 0.588. The van der Waals surface area contributed by atoms with Crippen molar-refractivity contribution < 1.29 is 9.53 Å². The summed E-state index contributed by atoms with van der Waals surface area (Å²) in [6.45, 7) is 10.5. The van der Waals surface area contributed by atoms with Crippen LogP contribution in [-0.2, 0) is 20.4 Å². The van der Waals surface area contributed by atoms with Crippen LogP contribution in [0.3, 0.4) is 0 Å². The van der Waals surface area contributed by atoms with Gasteiger partial charge in [0.05, 0.1) is 13.5 Å². The molecule has 112 valence electrons. The predicted octanol–water partition coefficient (Wildman–Crippen LogP) is 3.15. The second-order valence-corrected chi connectivity index (χ2v) is 6.79. The highest BCUT2D eigenvalue weighted by Crippen LogP contribution is 2.32. The van der Waals surface area contributed by atoms with Crippen molar-refractivity contribution in [3.05, 3.63) is 35.4 Å². The third kappa shape index (κ3) is 3.60. The molecule has 0 aliphatic carbocycles. The Kier molecular flexibility index (Phi) is 4.98. The van der Waals surface area contributed by atoms with Gasteiger partial charge in [0.15, 0.2) is 0 Å². The van der Waals surface area contributed by atoms with E-state index >= 15 is 0 Å². The molecule has 1 rings (SSSR count). The first-order valence-corrected chi connectivity index (χ1v) is 7.04. The average Bonchev–Trinajstić information content (AvgIpc) is 2.37. The van der Waals surface area contributed by atoms with Gasteiger partial charge in [0.1, 0.15) is 0 Å². The molecule has 0 heterocycles. The van der Waals surface area contributed by atoms with Crippen molar-refractivity contribution in [3.63, 3.8) is 0 Å². The van der Waals surface area contributed by atoms with Crippen LogP contribution in [0.1, 0.15) is 52.2 Å². The standard InChI is InChI=1S/C17H27NO2/c1-12(18)17(5,11-15(19)20-6)14-9-7-13(8-10-14)16(2,3)4/h7-10,12H,11,18H2,1-6H3. The van der Waals surface area contributed by atoms with Crippen molar-refractivity contribution in [3.8, 4) is 0 Å². The first-order valence-electron chi connectivity index (χ1n) is 7.04. The molecule has 0 aromatic heterocycles. The summed E-state index contributed by atoms with van der Waals surface area (Å²) in [7, 11) is 1.41. The molecule has 1 aromatic carbocycles. The molecule has 0 radical (unpaired) electrons. The highest BCUT2D eigenvalue weighted by atomic mass is 16.5. The molecule has 0 amide bonds. The van der Waals surface area contributed by atoms with Gasteiger partial charge in [-0.1, -0.05) is 52.0 Å². The molecule has 0 saturated heterocycles. The normalized spacial score (nSPS) is 16.4. The first-order chi connectivity index (χ1) is 9.11. The lowest BCUT2D eigenvalue weighted by Gasteiger charge is -2.33. The van der Waals surface area contributed by atoms with E-state index in [1.54, 1.807) is 0 Å². The van der Waals surface area contributed by atoms with Gasteiger partial charge < -0.3 is 10.5 Å². The van der Waals surface area contributed by atoms with Crippen LogP contribution in [0.25, 0.3) is 0 Å². The van der Waals surface area contributed by atoms with Crippen molar-refractivity contribution in [2.45, 2.75) is 57.9 Å². The Labute approximate surface area is 122 Å². The third-order valence-corrected chi connectivity index (χ3v) is 4.15. The van der Waals surface area contributed by atoms with Gasteiger partial charge in [0.2, 0.25) is 0 Å². The Balaban J connectivity index is 3.13. The second-order valence-electron chi connectivity index (χ2n) is 6.79. The molecule has 0 bridgehead atoms. The first kappa shape index (κ1) is 16.7. The van der Waals surface area contributed by atoms with Gasteiger partial charge >= 0.3 is 5.97 Å². The summed E-state index contributed by atoms with van der Waals surface area (Å²) in [4.78, 5) is 11.7. The molecule has 0 saturated carbocycles. The number of nitrogens with two attached hydrogens (primary N) is 1. The van der Waals surface area contributed by atoms with E-state index in [0.717, 1.165) is 5.56 Å². The number of hydrogen-bond donors (Lipinski definition) is 1. The summed E-state index contributed by atoms with van der Waals surface area (Å²) in [5, 5.41) is 0. The van der Waals surface area contributed by atoms with Crippen LogP contribution in [0.4, 0.5) is 0 Å². The van der Waals surface area contributed by atoms with Gasteiger partial charge in [0.25, 0.3) is 0 Å². The minimum atomic E-state index is -0.413. The van der Waals surface area contributed by atoms with Gasteiger partial charge in [-0.05, 0) is 23.5 Å². The van der Waals surface area contributed by atoms with Crippen LogP contribution in [0.5, 0.6) is 0 Å². The van der Waals surface area contributed by atoms with Crippen molar-refractivity contribution in [1.82, 2.24) is 0 Å². The number of carbonyl (C=O) groups is 1. The Morgan fingerprint density at radius 1 is 1.15 bits per heavy atom. The second kappa shape index (κ2) is 5.96. The lowest BCUT2D eigenvalue weighted by molar-refractivity contribution is -0.142. The fourth-order valence-electron chi connectivity index (χ4n) is 2.25. The van der Waals surface area contributed by atoms with Crippen LogP contribution in [0.15, 0.2) is 24.3 Å². The topological polar surface area (TPSA) is 52.3 Å². The molecule has 0 fully saturated rings. The summed E-state index contributed by atoms with van der Waals surface area (Å²) >= 11 is 0. The summed E-state index contributed by atoms with van der Waals surface area (Å²) in [5.74, 6) is -0.232. The molecule has 20 heavy (non-hydrogen) atoms. The molecule has 2 N–H and O–H groups in total. The number of esters is 1. The van der Waals surface area contributed by atoms with Gasteiger partial charge in [0, 0.05) is 11.5 Å². The maximum absolute atomic E-state index is 11.7. The molecule has 1 aromatic rings. The van der Waals surface area contributed by atoms with Gasteiger partial charge in [-0.3, -0.25) is 4.79 Å². The largest absolute Gasteiger partial charge is 0.469 e. The molecule has 3 heteroatoms. The smallest absolute Gasteiger partial charge is 0.306 e. The highest BCUT2D eigenvalue weighted by Gasteiger charge is 2.34. The van der Waals surface area contributed by atoms with E-state index in [9.17, 15) is 4.79 Å². The van der Waals surface area contributed by atoms with E-state index in [-0.39, 0.29) is 23.8 Å². The number of carbonyl (C=O) groups excluding carboxylic acids is 1. The summed E-state index contributed by atoms with van der Waals surface area (Å²) in [6.07, 6.45) is 0.288. The predicted molar refractivity (Wildman–Crippen MR) is 82.8 cm³/mol. The summed E-state index contributed by atoms with van der Waals surface area (Å²) < 4.78 is 4.80. The lowest BCUT2D eigenvalue weighted by Crippen LogP contribution is -2.42. The molecule has 0 spiro atoms. The molecular weight excluding hydrogens is 250 g/mol. The number of methoxy groups -OCH3 is 1. The zero-order valence-corrected chi connectivity index (χ0v) is 13.5. The van der Waals surface area contributed by atoms with Crippen LogP contribution in [0, 0.1) is 0 Å². The SMILES string of the molecule is COC(=O)CC(C)(c1ccc(C(C)(C)C)cc1)C(C)N. The van der Waals surface area contributed by atoms with E-state index in [1.807, 2.05) is 13.8 Å². The van der Waals surface area contributed by atoms with Crippen molar-refractivity contribution in [2.75, 3.05) is 7.11 Å². The Morgan fingerprint density at radius 2 is 1.60 bits per heavy atom. The van der Waals surface area contributed by atoms with E-state index in [1.165, 1.54) is 12.7 Å². The molecule has 0 aliphatic heterocycles. The Morgan fingerprint density at radius 3 is 1.95 bits per heavy atom. The van der Waals surface area contributed by atoms with E-state index in [4.69, 9.17) is 10.5 Å². The minimum Gasteiger partial charge on any atom is -0.469 e. The highest BCUT2D eigenvalue weighted by molar-refractivity contribution is 5.71. The quantitative estimate of drug-likeness (QED) is 0.860. The van der Waals surface area contributed by atoms with E-state index in [0.29, 0.717) is 0 Å². The molecule has 2 atom stereocenters. The third-order valence-electron chi connectivity index (χ3n) is 4.15. The fourth-order valence-corrected chi connectivity index (χ4v) is 2.25. The Hall–Kier alpha value is -1.35. The number of benzene rings is 1. The van der Waals surface area contributed by atoms with Crippen LogP contribution >= 0.6 is 0 Å². The van der Waals surface area contributed by atoms with Crippen molar-refractivity contribution in [1.29, 1.82) is 0 Å². The monoisotopic (exact) mass is 277 g/mol. The van der Waals surface area contributed by atoms with Crippen LogP contribution in [-0.4, -0.2) is 19.1 Å². The molecule has 0 aliphatic rings. The molecule has 2 unspecified atom stereocenters. The molecule has 3 nitrogen and oxygen atoms in total. The lowest BCUT2D eigenvalue weighted by atomic mass is 9.73. The Bertz CT molecular complexity index is 457. The minimum absolute atomic E-state index is 0.117. The van der Waals surface area contributed by atoms with Gasteiger partial charge in [-0.25, -0.2) is 0 Å². The van der Waals surface area contributed by atoms with Crippen molar-refractivity contribution >= 4 is 5.97 Å². The van der Waals surface area contributed by atoms with Gasteiger partial charge in [-0.15, -0.1) is 0 Å². The van der Waals surface area contributed by atoms with E-state index < -0.39 is 5.41 Å². The number of hydrogen-bond acceptors (Lipinski definition) is 3. The zero-order chi connectivity index (χ0) is 15.6. The zero-order valence-electron chi connectivity index (χ0n) is 13.5. The maximum Gasteiger partial charge on any atom is 0.306 e. The molecular formula is C17H27NO2. The van der Waals surface area contributed by atoms with Gasteiger partial charge in [-0.2, -0.15) is 0 Å². The number of rotatable bonds is 4. The van der Waals surface area contributed by atoms with Crippen LogP contribution in [0.2, 0.25) is 0 Å². The van der Waals surface area contributed by atoms with E-state index in [2.05, 4.69) is 45.0 Å². The maximum atomic E-state index is 11.7. The summed E-state index contributed by atoms with van der Waals surface area (Å²) in [5.41, 5.74) is 8.17.